The first-order chi connectivity index (χ1) is 9.02. The van der Waals surface area contributed by atoms with Crippen LogP contribution in [0, 0.1) is 12.8 Å². The van der Waals surface area contributed by atoms with Crippen molar-refractivity contribution in [2.24, 2.45) is 13.0 Å². The summed E-state index contributed by atoms with van der Waals surface area (Å²) in [6.45, 7) is 5.22. The highest BCUT2D eigenvalue weighted by atomic mass is 16.1. The van der Waals surface area contributed by atoms with Crippen LogP contribution in [0.1, 0.15) is 28.9 Å². The van der Waals surface area contributed by atoms with Crippen LogP contribution in [-0.4, -0.2) is 54.7 Å². The fraction of sp³-hybridized carbons (Fsp3) is 0.714. The maximum absolute atomic E-state index is 11.2. The molecule has 0 atom stereocenters. The molecule has 2 rings (SSSR count). The van der Waals surface area contributed by atoms with E-state index in [1.165, 1.54) is 25.9 Å². The number of anilines is 1. The Labute approximate surface area is 115 Å². The first-order valence-electron chi connectivity index (χ1n) is 6.91. The summed E-state index contributed by atoms with van der Waals surface area (Å²) in [5, 5.41) is 4.34. The number of aldehydes is 1. The molecule has 1 aliphatic heterocycles. The molecule has 1 aromatic heterocycles. The van der Waals surface area contributed by atoms with Crippen molar-refractivity contribution < 1.29 is 4.79 Å². The van der Waals surface area contributed by atoms with Crippen LogP contribution in [0.5, 0.6) is 0 Å². The molecule has 0 saturated carbocycles. The van der Waals surface area contributed by atoms with Crippen molar-refractivity contribution in [1.29, 1.82) is 0 Å². The highest BCUT2D eigenvalue weighted by molar-refractivity contribution is 5.84. The van der Waals surface area contributed by atoms with Crippen LogP contribution in [0.2, 0.25) is 0 Å². The van der Waals surface area contributed by atoms with Gasteiger partial charge >= 0.3 is 0 Å². The van der Waals surface area contributed by atoms with Crippen molar-refractivity contribution in [3.63, 3.8) is 0 Å². The van der Waals surface area contributed by atoms with Gasteiger partial charge in [0.2, 0.25) is 0 Å². The van der Waals surface area contributed by atoms with E-state index < -0.39 is 0 Å². The Kier molecular flexibility index (Phi) is 4.24. The molecular weight excluding hydrogens is 240 g/mol. The molecule has 1 saturated heterocycles. The molecule has 0 amide bonds. The zero-order chi connectivity index (χ0) is 14.0. The molecule has 0 spiro atoms. The lowest BCUT2D eigenvalue weighted by Gasteiger charge is -2.32. The number of aryl methyl sites for hydroxylation is 2. The summed E-state index contributed by atoms with van der Waals surface area (Å²) in [7, 11) is 6.14. The average molecular weight is 264 g/mol. The Morgan fingerprint density at radius 1 is 1.37 bits per heavy atom. The number of piperidine rings is 1. The monoisotopic (exact) mass is 264 g/mol. The topological polar surface area (TPSA) is 41.4 Å². The van der Waals surface area contributed by atoms with Crippen LogP contribution in [0.3, 0.4) is 0 Å². The summed E-state index contributed by atoms with van der Waals surface area (Å²) in [5.41, 5.74) is 1.53. The molecule has 0 unspecified atom stereocenters. The van der Waals surface area contributed by atoms with E-state index in [2.05, 4.69) is 29.0 Å². The van der Waals surface area contributed by atoms with E-state index in [0.717, 1.165) is 29.9 Å². The molecule has 0 aromatic carbocycles. The van der Waals surface area contributed by atoms with Gasteiger partial charge in [-0.3, -0.25) is 9.48 Å². The standard InChI is InChI=1S/C14H24N4O/c1-11-13(10-19)14(18(4)15-11)17(3)9-12-5-7-16(2)8-6-12/h10,12H,5-9H2,1-4H3. The van der Waals surface area contributed by atoms with Crippen LogP contribution >= 0.6 is 0 Å². The van der Waals surface area contributed by atoms with Crippen LogP contribution in [0.15, 0.2) is 0 Å². The second kappa shape index (κ2) is 5.74. The molecule has 1 aromatic rings. The lowest BCUT2D eigenvalue weighted by atomic mass is 9.96. The maximum atomic E-state index is 11.2. The minimum absolute atomic E-state index is 0.705. The molecule has 5 nitrogen and oxygen atoms in total. The number of aromatic nitrogens is 2. The largest absolute Gasteiger partial charge is 0.359 e. The summed E-state index contributed by atoms with van der Waals surface area (Å²) in [5.74, 6) is 1.64. The Balaban J connectivity index is 2.07. The lowest BCUT2D eigenvalue weighted by molar-refractivity contribution is 0.112. The fourth-order valence-corrected chi connectivity index (χ4v) is 2.97. The van der Waals surface area contributed by atoms with E-state index in [-0.39, 0.29) is 0 Å². The third-order valence-electron chi connectivity index (χ3n) is 4.09. The van der Waals surface area contributed by atoms with E-state index in [0.29, 0.717) is 5.92 Å². The van der Waals surface area contributed by atoms with Crippen LogP contribution in [0.25, 0.3) is 0 Å². The molecule has 0 bridgehead atoms. The van der Waals surface area contributed by atoms with Crippen LogP contribution < -0.4 is 4.90 Å². The van der Waals surface area contributed by atoms with Gasteiger partial charge in [-0.2, -0.15) is 5.10 Å². The minimum Gasteiger partial charge on any atom is -0.359 e. The van der Waals surface area contributed by atoms with Gasteiger partial charge in [-0.15, -0.1) is 0 Å². The van der Waals surface area contributed by atoms with Crippen molar-refractivity contribution in [2.45, 2.75) is 19.8 Å². The zero-order valence-electron chi connectivity index (χ0n) is 12.4. The summed E-state index contributed by atoms with van der Waals surface area (Å²) < 4.78 is 1.81. The van der Waals surface area contributed by atoms with Gasteiger partial charge in [0, 0.05) is 20.6 Å². The third-order valence-corrected chi connectivity index (χ3v) is 4.09. The van der Waals surface area contributed by atoms with Gasteiger partial charge in [-0.1, -0.05) is 0 Å². The van der Waals surface area contributed by atoms with Gasteiger partial charge in [0.05, 0.1) is 11.3 Å². The second-order valence-electron chi connectivity index (χ2n) is 5.69. The summed E-state index contributed by atoms with van der Waals surface area (Å²) in [6, 6.07) is 0. The molecule has 2 heterocycles. The Morgan fingerprint density at radius 2 is 2.00 bits per heavy atom. The second-order valence-corrected chi connectivity index (χ2v) is 5.69. The molecule has 0 N–H and O–H groups in total. The maximum Gasteiger partial charge on any atom is 0.155 e. The lowest BCUT2D eigenvalue weighted by Crippen LogP contribution is -2.36. The van der Waals surface area contributed by atoms with E-state index in [4.69, 9.17) is 0 Å². The third kappa shape index (κ3) is 2.97. The number of nitrogens with zero attached hydrogens (tertiary/aromatic N) is 4. The summed E-state index contributed by atoms with van der Waals surface area (Å²) >= 11 is 0. The predicted octanol–water partition coefficient (Wildman–Crippen LogP) is 1.32. The van der Waals surface area contributed by atoms with Gasteiger partial charge in [-0.25, -0.2) is 0 Å². The van der Waals surface area contributed by atoms with E-state index in [1.807, 2.05) is 18.7 Å². The van der Waals surface area contributed by atoms with Crippen molar-refractivity contribution in [1.82, 2.24) is 14.7 Å². The first-order valence-corrected chi connectivity index (χ1v) is 6.91. The van der Waals surface area contributed by atoms with Crippen molar-refractivity contribution in [3.05, 3.63) is 11.3 Å². The average Bonchev–Trinajstić information content (AvgIpc) is 2.66. The Bertz CT molecular complexity index is 447. The molecule has 1 aliphatic rings. The number of hydrogen-bond donors (Lipinski definition) is 0. The van der Waals surface area contributed by atoms with Crippen LogP contribution in [-0.2, 0) is 7.05 Å². The summed E-state index contributed by atoms with van der Waals surface area (Å²) in [6.07, 6.45) is 3.38. The quantitative estimate of drug-likeness (QED) is 0.769. The first kappa shape index (κ1) is 14.1. The number of hydrogen-bond acceptors (Lipinski definition) is 4. The highest BCUT2D eigenvalue weighted by Gasteiger charge is 2.22. The van der Waals surface area contributed by atoms with Gasteiger partial charge in [0.1, 0.15) is 5.82 Å². The molecule has 106 valence electrons. The fourth-order valence-electron chi connectivity index (χ4n) is 2.97. The number of likely N-dealkylation sites (tertiary alicyclic amines) is 1. The smallest absolute Gasteiger partial charge is 0.155 e. The van der Waals surface area contributed by atoms with E-state index >= 15 is 0 Å². The number of rotatable bonds is 4. The van der Waals surface area contributed by atoms with E-state index in [9.17, 15) is 4.79 Å². The zero-order valence-corrected chi connectivity index (χ0v) is 12.4. The van der Waals surface area contributed by atoms with Crippen molar-refractivity contribution in [2.75, 3.05) is 38.6 Å². The van der Waals surface area contributed by atoms with Gasteiger partial charge in [0.25, 0.3) is 0 Å². The molecule has 0 radical (unpaired) electrons. The Hall–Kier alpha value is -1.36. The van der Waals surface area contributed by atoms with Gasteiger partial charge in [-0.05, 0) is 45.8 Å². The van der Waals surface area contributed by atoms with Gasteiger partial charge in [0.15, 0.2) is 6.29 Å². The normalized spacial score (nSPS) is 17.7. The molecule has 1 fully saturated rings. The molecule has 0 aliphatic carbocycles. The molecule has 19 heavy (non-hydrogen) atoms. The van der Waals surface area contributed by atoms with Crippen molar-refractivity contribution in [3.8, 4) is 0 Å². The highest BCUT2D eigenvalue weighted by Crippen LogP contribution is 2.24. The van der Waals surface area contributed by atoms with Crippen molar-refractivity contribution >= 4 is 12.1 Å². The minimum atomic E-state index is 0.705. The number of carbonyl (C=O) groups is 1. The summed E-state index contributed by atoms with van der Waals surface area (Å²) in [4.78, 5) is 15.8. The van der Waals surface area contributed by atoms with Crippen LogP contribution in [0.4, 0.5) is 5.82 Å². The number of carbonyl (C=O) groups excluding carboxylic acids is 1. The molecular formula is C14H24N4O. The van der Waals surface area contributed by atoms with E-state index in [1.54, 1.807) is 0 Å². The molecule has 5 heteroatoms. The SMILES string of the molecule is Cc1nn(C)c(N(C)CC2CCN(C)CC2)c1C=O. The Morgan fingerprint density at radius 3 is 2.58 bits per heavy atom. The van der Waals surface area contributed by atoms with Gasteiger partial charge < -0.3 is 9.80 Å². The predicted molar refractivity (Wildman–Crippen MR) is 76.8 cm³/mol.